The number of H-pyrrole nitrogens is 1. The Labute approximate surface area is 180 Å². The number of aliphatic hydroxyl groups excluding tert-OH is 1. The van der Waals surface area contributed by atoms with Gasteiger partial charge in [-0.3, -0.25) is 9.69 Å². The molecule has 0 amide bonds. The normalized spacial score (nSPS) is 12.8. The maximum atomic E-state index is 13.0. The number of aromatic amines is 1. The number of nitrogens with zero attached hydrogens (tertiary/aromatic N) is 2. The van der Waals surface area contributed by atoms with Crippen LogP contribution in [-0.4, -0.2) is 59.0 Å². The third-order valence-electron chi connectivity index (χ3n) is 4.93. The van der Waals surface area contributed by atoms with Crippen LogP contribution in [0, 0.1) is 0 Å². The van der Waals surface area contributed by atoms with Gasteiger partial charge in [-0.2, -0.15) is 0 Å². The van der Waals surface area contributed by atoms with Crippen LogP contribution < -0.4 is 10.3 Å². The van der Waals surface area contributed by atoms with E-state index in [4.69, 9.17) is 14.5 Å². The number of fused-ring (bicyclic) bond motifs is 1. The van der Waals surface area contributed by atoms with Crippen molar-refractivity contribution in [3.8, 4) is 16.9 Å². The summed E-state index contributed by atoms with van der Waals surface area (Å²) in [6, 6.07) is 7.81. The molecule has 0 fully saturated rings. The molecule has 1 unspecified atom stereocenters. The van der Waals surface area contributed by atoms with Crippen LogP contribution in [0.5, 0.6) is 5.75 Å². The van der Waals surface area contributed by atoms with Gasteiger partial charge < -0.3 is 19.6 Å². The summed E-state index contributed by atoms with van der Waals surface area (Å²) >= 11 is 1.44. The second kappa shape index (κ2) is 10.2. The number of rotatable bonds is 10. The van der Waals surface area contributed by atoms with Gasteiger partial charge in [0, 0.05) is 35.7 Å². The Morgan fingerprint density at radius 1 is 1.27 bits per heavy atom. The first-order valence-electron chi connectivity index (χ1n) is 10.1. The number of thiophene rings is 1. The van der Waals surface area contributed by atoms with E-state index in [2.05, 4.69) is 23.7 Å². The van der Waals surface area contributed by atoms with Gasteiger partial charge in [0.05, 0.1) is 31.8 Å². The standard InChI is InChI=1S/C22H29N3O4S/c1-5-29-12-15(26)10-25(14(2)3)11-19-23-21(27)20-17(13-30-22(20)24-19)16-8-6-7-9-18(16)28-4/h6-9,13-15,26H,5,10-12H2,1-4H3,(H,23,24,27). The topological polar surface area (TPSA) is 87.7 Å². The lowest BCUT2D eigenvalue weighted by atomic mass is 10.1. The molecule has 1 atom stereocenters. The van der Waals surface area contributed by atoms with Gasteiger partial charge in [-0.1, -0.05) is 18.2 Å². The van der Waals surface area contributed by atoms with Crippen LogP contribution >= 0.6 is 11.3 Å². The minimum atomic E-state index is -0.596. The number of methoxy groups -OCH3 is 1. The predicted molar refractivity (Wildman–Crippen MR) is 120 cm³/mol. The molecule has 7 nitrogen and oxygen atoms in total. The summed E-state index contributed by atoms with van der Waals surface area (Å²) in [6.45, 7) is 7.73. The lowest BCUT2D eigenvalue weighted by Gasteiger charge is -2.28. The van der Waals surface area contributed by atoms with Crippen molar-refractivity contribution in [2.24, 2.45) is 0 Å². The molecule has 0 radical (unpaired) electrons. The van der Waals surface area contributed by atoms with Gasteiger partial charge in [0.2, 0.25) is 0 Å². The van der Waals surface area contributed by atoms with Crippen LogP contribution in [-0.2, 0) is 11.3 Å². The molecule has 0 aliphatic rings. The third kappa shape index (κ3) is 5.07. The molecule has 0 aliphatic heterocycles. The number of ether oxygens (including phenoxy) is 2. The highest BCUT2D eigenvalue weighted by molar-refractivity contribution is 7.17. The minimum absolute atomic E-state index is 0.171. The average molecular weight is 432 g/mol. The van der Waals surface area contributed by atoms with Gasteiger partial charge in [-0.25, -0.2) is 4.98 Å². The number of aromatic nitrogens is 2. The van der Waals surface area contributed by atoms with Gasteiger partial charge >= 0.3 is 0 Å². The summed E-state index contributed by atoms with van der Waals surface area (Å²) in [4.78, 5) is 23.3. The number of hydrogen-bond acceptors (Lipinski definition) is 7. The molecule has 0 spiro atoms. The molecule has 2 aromatic heterocycles. The molecule has 1 aromatic carbocycles. The molecule has 0 bridgehead atoms. The molecular formula is C22H29N3O4S. The van der Waals surface area contributed by atoms with Gasteiger partial charge in [-0.15, -0.1) is 11.3 Å². The summed E-state index contributed by atoms with van der Waals surface area (Å²) in [5, 5.41) is 12.7. The van der Waals surface area contributed by atoms with Crippen molar-refractivity contribution in [2.45, 2.75) is 39.5 Å². The smallest absolute Gasteiger partial charge is 0.260 e. The van der Waals surface area contributed by atoms with Crippen molar-refractivity contribution in [3.63, 3.8) is 0 Å². The lowest BCUT2D eigenvalue weighted by Crippen LogP contribution is -2.39. The Hall–Kier alpha value is -2.26. The van der Waals surface area contributed by atoms with Crippen LogP contribution in [0.1, 0.15) is 26.6 Å². The zero-order chi connectivity index (χ0) is 21.7. The fraction of sp³-hybridized carbons (Fsp3) is 0.455. The van der Waals surface area contributed by atoms with Crippen LogP contribution in [0.4, 0.5) is 0 Å². The first-order valence-corrected chi connectivity index (χ1v) is 11.0. The Bertz CT molecular complexity index is 1030. The van der Waals surface area contributed by atoms with Crippen LogP contribution in [0.3, 0.4) is 0 Å². The van der Waals surface area contributed by atoms with Gasteiger partial charge in [0.1, 0.15) is 16.4 Å². The monoisotopic (exact) mass is 431 g/mol. The quantitative estimate of drug-likeness (QED) is 0.512. The van der Waals surface area contributed by atoms with E-state index in [1.54, 1.807) is 7.11 Å². The van der Waals surface area contributed by atoms with Crippen molar-refractivity contribution < 1.29 is 14.6 Å². The summed E-state index contributed by atoms with van der Waals surface area (Å²) in [5.41, 5.74) is 1.52. The highest BCUT2D eigenvalue weighted by Gasteiger charge is 2.19. The summed E-state index contributed by atoms with van der Waals surface area (Å²) in [6.07, 6.45) is -0.596. The van der Waals surface area contributed by atoms with Crippen LogP contribution in [0.25, 0.3) is 21.3 Å². The lowest BCUT2D eigenvalue weighted by molar-refractivity contribution is 0.0127. The summed E-state index contributed by atoms with van der Waals surface area (Å²) in [7, 11) is 1.62. The molecule has 3 rings (SSSR count). The fourth-order valence-electron chi connectivity index (χ4n) is 3.36. The molecule has 0 aliphatic carbocycles. The van der Waals surface area contributed by atoms with Crippen molar-refractivity contribution in [3.05, 3.63) is 45.8 Å². The molecule has 8 heteroatoms. The van der Waals surface area contributed by atoms with E-state index < -0.39 is 6.10 Å². The Kier molecular flexibility index (Phi) is 7.60. The highest BCUT2D eigenvalue weighted by atomic mass is 32.1. The number of aliphatic hydroxyl groups is 1. The summed E-state index contributed by atoms with van der Waals surface area (Å²) in [5.74, 6) is 1.30. The predicted octanol–water partition coefficient (Wildman–Crippen LogP) is 3.27. The molecule has 0 saturated carbocycles. The third-order valence-corrected chi connectivity index (χ3v) is 5.81. The SMILES string of the molecule is CCOCC(O)CN(Cc1nc2scc(-c3ccccc3OC)c2c(=O)[nH]1)C(C)C. The second-order valence-corrected chi connectivity index (χ2v) is 8.24. The highest BCUT2D eigenvalue weighted by Crippen LogP contribution is 2.36. The molecule has 2 heterocycles. The largest absolute Gasteiger partial charge is 0.496 e. The van der Waals surface area contributed by atoms with Gasteiger partial charge in [0.15, 0.2) is 0 Å². The number of benzene rings is 1. The van der Waals surface area contributed by atoms with E-state index >= 15 is 0 Å². The number of hydrogen-bond donors (Lipinski definition) is 2. The van der Waals surface area contributed by atoms with Crippen LogP contribution in [0.15, 0.2) is 34.4 Å². The minimum Gasteiger partial charge on any atom is -0.496 e. The maximum absolute atomic E-state index is 13.0. The maximum Gasteiger partial charge on any atom is 0.260 e. The number of para-hydroxylation sites is 1. The van der Waals surface area contributed by atoms with E-state index in [9.17, 15) is 9.90 Å². The first-order chi connectivity index (χ1) is 14.4. The zero-order valence-electron chi connectivity index (χ0n) is 17.8. The van der Waals surface area contributed by atoms with E-state index in [0.717, 1.165) is 16.9 Å². The van der Waals surface area contributed by atoms with Crippen molar-refractivity contribution in [1.82, 2.24) is 14.9 Å². The van der Waals surface area contributed by atoms with Crippen molar-refractivity contribution in [2.75, 3.05) is 26.9 Å². The Morgan fingerprint density at radius 2 is 2.03 bits per heavy atom. The van der Waals surface area contributed by atoms with Gasteiger partial charge in [-0.05, 0) is 26.8 Å². The summed E-state index contributed by atoms with van der Waals surface area (Å²) < 4.78 is 10.8. The molecular weight excluding hydrogens is 402 g/mol. The molecule has 0 saturated heterocycles. The average Bonchev–Trinajstić information content (AvgIpc) is 3.16. The molecule has 2 N–H and O–H groups in total. The van der Waals surface area contributed by atoms with Crippen molar-refractivity contribution >= 4 is 21.6 Å². The van der Waals surface area contributed by atoms with E-state index in [0.29, 0.717) is 35.7 Å². The van der Waals surface area contributed by atoms with E-state index in [1.807, 2.05) is 36.6 Å². The zero-order valence-corrected chi connectivity index (χ0v) is 18.7. The number of nitrogens with one attached hydrogen (secondary N) is 1. The van der Waals surface area contributed by atoms with Crippen LogP contribution in [0.2, 0.25) is 0 Å². The van der Waals surface area contributed by atoms with E-state index in [1.165, 1.54) is 11.3 Å². The molecule has 162 valence electrons. The van der Waals surface area contributed by atoms with E-state index in [-0.39, 0.29) is 18.2 Å². The Balaban J connectivity index is 1.89. The molecule has 3 aromatic rings. The van der Waals surface area contributed by atoms with Crippen molar-refractivity contribution in [1.29, 1.82) is 0 Å². The van der Waals surface area contributed by atoms with Gasteiger partial charge in [0.25, 0.3) is 5.56 Å². The fourth-order valence-corrected chi connectivity index (χ4v) is 4.32. The second-order valence-electron chi connectivity index (χ2n) is 7.38. The Morgan fingerprint density at radius 3 is 2.73 bits per heavy atom. The first kappa shape index (κ1) is 22.4. The molecule has 30 heavy (non-hydrogen) atoms.